The molecule has 0 atom stereocenters. The molecule has 0 aromatic carbocycles. The first-order chi connectivity index (χ1) is 8.42. The molecule has 2 rings (SSSR count). The molecule has 0 aliphatic heterocycles. The van der Waals surface area contributed by atoms with Crippen molar-refractivity contribution < 1.29 is 9.53 Å². The van der Waals surface area contributed by atoms with Gasteiger partial charge in [-0.15, -0.1) is 0 Å². The van der Waals surface area contributed by atoms with Crippen molar-refractivity contribution in [1.29, 1.82) is 0 Å². The van der Waals surface area contributed by atoms with Gasteiger partial charge in [0, 0.05) is 18.1 Å². The Morgan fingerprint density at radius 2 is 1.67 bits per heavy atom. The largest absolute Gasteiger partial charge is 0.444 e. The standard InChI is InChI=1S/C14H26N2O2/c1-14(2,3)18-13(17)16-12-8-11(9-12)15-10-6-4-5-7-10/h10-12,15H,4-9H2,1-3H3,(H,16,17). The maximum absolute atomic E-state index is 11.6. The summed E-state index contributed by atoms with van der Waals surface area (Å²) in [4.78, 5) is 11.6. The highest BCUT2D eigenvalue weighted by atomic mass is 16.6. The van der Waals surface area contributed by atoms with Crippen molar-refractivity contribution in [3.05, 3.63) is 0 Å². The summed E-state index contributed by atoms with van der Waals surface area (Å²) in [5.74, 6) is 0. The molecule has 0 saturated heterocycles. The number of hydrogen-bond donors (Lipinski definition) is 2. The van der Waals surface area contributed by atoms with Crippen molar-refractivity contribution in [3.63, 3.8) is 0 Å². The van der Waals surface area contributed by atoms with Crippen molar-refractivity contribution in [2.45, 2.75) is 83.0 Å². The Kier molecular flexibility index (Phi) is 4.15. The van der Waals surface area contributed by atoms with E-state index in [4.69, 9.17) is 4.74 Å². The number of ether oxygens (including phenoxy) is 1. The van der Waals surface area contributed by atoms with Gasteiger partial charge in [0.25, 0.3) is 0 Å². The fraction of sp³-hybridized carbons (Fsp3) is 0.929. The topological polar surface area (TPSA) is 50.4 Å². The van der Waals surface area contributed by atoms with Gasteiger partial charge in [-0.1, -0.05) is 12.8 Å². The van der Waals surface area contributed by atoms with Gasteiger partial charge in [-0.25, -0.2) is 4.79 Å². The first-order valence-electron chi connectivity index (χ1n) is 7.18. The summed E-state index contributed by atoms with van der Waals surface area (Å²) in [5.41, 5.74) is -0.407. The molecule has 18 heavy (non-hydrogen) atoms. The lowest BCUT2D eigenvalue weighted by molar-refractivity contribution is 0.0463. The van der Waals surface area contributed by atoms with E-state index in [1.807, 2.05) is 20.8 Å². The number of nitrogens with one attached hydrogen (secondary N) is 2. The van der Waals surface area contributed by atoms with Crippen molar-refractivity contribution >= 4 is 6.09 Å². The van der Waals surface area contributed by atoms with E-state index in [0.29, 0.717) is 12.1 Å². The summed E-state index contributed by atoms with van der Waals surface area (Å²) >= 11 is 0. The maximum atomic E-state index is 11.6. The van der Waals surface area contributed by atoms with Gasteiger partial charge in [-0.2, -0.15) is 0 Å². The van der Waals surface area contributed by atoms with Crippen LogP contribution in [0.25, 0.3) is 0 Å². The van der Waals surface area contributed by atoms with E-state index in [2.05, 4.69) is 10.6 Å². The van der Waals surface area contributed by atoms with Crippen LogP contribution >= 0.6 is 0 Å². The number of rotatable bonds is 3. The normalized spacial score (nSPS) is 28.8. The molecular formula is C14H26N2O2. The third-order valence-corrected chi connectivity index (χ3v) is 3.69. The minimum absolute atomic E-state index is 0.285. The van der Waals surface area contributed by atoms with Gasteiger partial charge in [-0.3, -0.25) is 0 Å². The van der Waals surface area contributed by atoms with Crippen LogP contribution in [0.2, 0.25) is 0 Å². The number of carbonyl (C=O) groups is 1. The Morgan fingerprint density at radius 1 is 1.06 bits per heavy atom. The Morgan fingerprint density at radius 3 is 2.22 bits per heavy atom. The fourth-order valence-corrected chi connectivity index (χ4v) is 2.77. The summed E-state index contributed by atoms with van der Waals surface area (Å²) in [7, 11) is 0. The molecule has 2 fully saturated rings. The molecular weight excluding hydrogens is 228 g/mol. The van der Waals surface area contributed by atoms with Crippen LogP contribution in [0.15, 0.2) is 0 Å². The minimum Gasteiger partial charge on any atom is -0.444 e. The SMILES string of the molecule is CC(C)(C)OC(=O)NC1CC(NC2CCCC2)C1. The molecule has 0 aromatic heterocycles. The van der Waals surface area contributed by atoms with Gasteiger partial charge < -0.3 is 15.4 Å². The number of hydrogen-bond acceptors (Lipinski definition) is 3. The average Bonchev–Trinajstić information content (AvgIpc) is 2.63. The second-order valence-electron chi connectivity index (χ2n) is 6.66. The third kappa shape index (κ3) is 4.16. The van der Waals surface area contributed by atoms with Crippen LogP contribution in [0.5, 0.6) is 0 Å². The first kappa shape index (κ1) is 13.7. The van der Waals surface area contributed by atoms with Crippen LogP contribution in [0, 0.1) is 0 Å². The average molecular weight is 254 g/mol. The van der Waals surface area contributed by atoms with Gasteiger partial charge in [0.2, 0.25) is 0 Å². The molecule has 2 aliphatic carbocycles. The molecule has 2 aliphatic rings. The quantitative estimate of drug-likeness (QED) is 0.814. The smallest absolute Gasteiger partial charge is 0.407 e. The zero-order valence-corrected chi connectivity index (χ0v) is 11.8. The number of amides is 1. The molecule has 2 saturated carbocycles. The van der Waals surface area contributed by atoms with E-state index in [1.54, 1.807) is 0 Å². The molecule has 0 heterocycles. The van der Waals surface area contributed by atoms with Crippen molar-refractivity contribution in [1.82, 2.24) is 10.6 Å². The van der Waals surface area contributed by atoms with Gasteiger partial charge >= 0.3 is 6.09 Å². The van der Waals surface area contributed by atoms with E-state index in [1.165, 1.54) is 25.7 Å². The summed E-state index contributed by atoms with van der Waals surface area (Å²) in [5, 5.41) is 6.60. The van der Waals surface area contributed by atoms with Crippen LogP contribution in [0.4, 0.5) is 4.79 Å². The Balaban J connectivity index is 1.59. The van der Waals surface area contributed by atoms with Gasteiger partial charge in [0.15, 0.2) is 0 Å². The van der Waals surface area contributed by atoms with Crippen LogP contribution in [-0.4, -0.2) is 29.8 Å². The molecule has 4 nitrogen and oxygen atoms in total. The zero-order chi connectivity index (χ0) is 13.2. The molecule has 4 heteroatoms. The van der Waals surface area contributed by atoms with Gasteiger partial charge in [-0.05, 0) is 46.5 Å². The Hall–Kier alpha value is -0.770. The summed E-state index contributed by atoms with van der Waals surface area (Å²) in [6.07, 6.45) is 7.16. The predicted octanol–water partition coefficient (Wildman–Crippen LogP) is 2.57. The second-order valence-corrected chi connectivity index (χ2v) is 6.66. The molecule has 104 valence electrons. The van der Waals surface area contributed by atoms with Crippen LogP contribution in [0.1, 0.15) is 59.3 Å². The third-order valence-electron chi connectivity index (χ3n) is 3.69. The lowest BCUT2D eigenvalue weighted by Crippen LogP contribution is -2.54. The van der Waals surface area contributed by atoms with Crippen LogP contribution in [0.3, 0.4) is 0 Å². The minimum atomic E-state index is -0.407. The predicted molar refractivity (Wildman–Crippen MR) is 71.6 cm³/mol. The number of alkyl carbamates (subject to hydrolysis) is 1. The van der Waals surface area contributed by atoms with Crippen molar-refractivity contribution in [3.8, 4) is 0 Å². The lowest BCUT2D eigenvalue weighted by atomic mass is 9.86. The molecule has 1 amide bonds. The summed E-state index contributed by atoms with van der Waals surface area (Å²) in [6.45, 7) is 5.66. The Labute approximate surface area is 110 Å². The second kappa shape index (κ2) is 5.47. The molecule has 0 unspecified atom stereocenters. The highest BCUT2D eigenvalue weighted by Gasteiger charge is 2.33. The van der Waals surface area contributed by atoms with E-state index in [0.717, 1.165) is 18.9 Å². The van der Waals surface area contributed by atoms with Gasteiger partial charge in [0.05, 0.1) is 0 Å². The van der Waals surface area contributed by atoms with Gasteiger partial charge in [0.1, 0.15) is 5.60 Å². The van der Waals surface area contributed by atoms with E-state index in [9.17, 15) is 4.79 Å². The highest BCUT2D eigenvalue weighted by molar-refractivity contribution is 5.68. The Bertz CT molecular complexity index is 287. The maximum Gasteiger partial charge on any atom is 0.407 e. The van der Waals surface area contributed by atoms with Crippen molar-refractivity contribution in [2.24, 2.45) is 0 Å². The highest BCUT2D eigenvalue weighted by Crippen LogP contribution is 2.25. The zero-order valence-electron chi connectivity index (χ0n) is 11.8. The molecule has 0 aromatic rings. The summed E-state index contributed by atoms with van der Waals surface area (Å²) in [6, 6.07) is 1.60. The first-order valence-corrected chi connectivity index (χ1v) is 7.18. The number of carbonyl (C=O) groups excluding carboxylic acids is 1. The molecule has 0 spiro atoms. The molecule has 0 bridgehead atoms. The lowest BCUT2D eigenvalue weighted by Gasteiger charge is -2.38. The van der Waals surface area contributed by atoms with E-state index in [-0.39, 0.29) is 6.09 Å². The van der Waals surface area contributed by atoms with E-state index < -0.39 is 5.60 Å². The van der Waals surface area contributed by atoms with E-state index >= 15 is 0 Å². The van der Waals surface area contributed by atoms with Crippen LogP contribution in [-0.2, 0) is 4.74 Å². The summed E-state index contributed by atoms with van der Waals surface area (Å²) < 4.78 is 5.24. The molecule has 2 N–H and O–H groups in total. The van der Waals surface area contributed by atoms with Crippen LogP contribution < -0.4 is 10.6 Å². The monoisotopic (exact) mass is 254 g/mol. The fourth-order valence-electron chi connectivity index (χ4n) is 2.77. The van der Waals surface area contributed by atoms with Crippen molar-refractivity contribution in [2.75, 3.05) is 0 Å². The molecule has 0 radical (unpaired) electrons.